The number of aromatic amines is 1. The molecule has 1 aliphatic heterocycles. The van der Waals surface area contributed by atoms with Gasteiger partial charge in [-0.2, -0.15) is 5.10 Å². The second kappa shape index (κ2) is 8.45. The van der Waals surface area contributed by atoms with E-state index in [-0.39, 0.29) is 0 Å². The fourth-order valence-electron chi connectivity index (χ4n) is 3.74. The van der Waals surface area contributed by atoms with Crippen LogP contribution in [0.5, 0.6) is 0 Å². The van der Waals surface area contributed by atoms with Crippen LogP contribution in [-0.4, -0.2) is 53.2 Å². The molecular weight excluding hydrogens is 296 g/mol. The molecule has 24 heavy (non-hydrogen) atoms. The van der Waals surface area contributed by atoms with E-state index in [2.05, 4.69) is 70.4 Å². The van der Waals surface area contributed by atoms with Gasteiger partial charge in [0.05, 0.1) is 5.69 Å². The van der Waals surface area contributed by atoms with Crippen LogP contribution in [0.4, 0.5) is 0 Å². The molecule has 1 unspecified atom stereocenters. The first kappa shape index (κ1) is 17.2. The van der Waals surface area contributed by atoms with Crippen molar-refractivity contribution in [2.75, 3.05) is 33.2 Å². The predicted molar refractivity (Wildman–Crippen MR) is 99.0 cm³/mol. The quantitative estimate of drug-likeness (QED) is 0.849. The molecule has 0 bridgehead atoms. The van der Waals surface area contributed by atoms with Gasteiger partial charge in [0.25, 0.3) is 0 Å². The van der Waals surface area contributed by atoms with Crippen LogP contribution in [-0.2, 0) is 13.0 Å². The molecule has 4 nitrogen and oxygen atoms in total. The number of nitrogens with zero attached hydrogens (tertiary/aromatic N) is 3. The van der Waals surface area contributed by atoms with E-state index in [0.717, 1.165) is 36.8 Å². The molecule has 1 aliphatic rings. The van der Waals surface area contributed by atoms with Gasteiger partial charge in [-0.05, 0) is 57.3 Å². The van der Waals surface area contributed by atoms with Crippen molar-refractivity contribution in [2.24, 2.45) is 5.92 Å². The molecule has 130 valence electrons. The summed E-state index contributed by atoms with van der Waals surface area (Å²) >= 11 is 0. The van der Waals surface area contributed by atoms with E-state index in [1.165, 1.54) is 38.0 Å². The summed E-state index contributed by atoms with van der Waals surface area (Å²) in [5, 5.41) is 7.52. The van der Waals surface area contributed by atoms with Crippen molar-refractivity contribution >= 4 is 0 Å². The number of hydrogen-bond donors (Lipinski definition) is 1. The average Bonchev–Trinajstić information content (AvgIpc) is 2.99. The third-order valence-electron chi connectivity index (χ3n) is 4.94. The number of piperidine rings is 1. The van der Waals surface area contributed by atoms with Gasteiger partial charge in [-0.1, -0.05) is 30.3 Å². The van der Waals surface area contributed by atoms with Gasteiger partial charge in [0.1, 0.15) is 0 Å². The summed E-state index contributed by atoms with van der Waals surface area (Å²) in [5.41, 5.74) is 3.72. The molecule has 1 saturated heterocycles. The first-order chi connectivity index (χ1) is 11.7. The minimum absolute atomic E-state index is 0.777. The maximum absolute atomic E-state index is 4.44. The number of rotatable bonds is 7. The average molecular weight is 326 g/mol. The number of H-pyrrole nitrogens is 1. The molecule has 1 atom stereocenters. The van der Waals surface area contributed by atoms with Crippen molar-refractivity contribution in [3.63, 3.8) is 0 Å². The zero-order valence-electron chi connectivity index (χ0n) is 15.0. The summed E-state index contributed by atoms with van der Waals surface area (Å²) in [6.45, 7) is 7.75. The predicted octanol–water partition coefficient (Wildman–Crippen LogP) is 3.10. The Bertz CT molecular complexity index is 607. The first-order valence-corrected chi connectivity index (χ1v) is 9.15. The smallest absolute Gasteiger partial charge is 0.0765 e. The molecule has 4 heteroatoms. The van der Waals surface area contributed by atoms with Gasteiger partial charge < -0.3 is 4.90 Å². The lowest BCUT2D eigenvalue weighted by Crippen LogP contribution is -2.39. The highest BCUT2D eigenvalue weighted by molar-refractivity contribution is 5.15. The highest BCUT2D eigenvalue weighted by Crippen LogP contribution is 2.18. The second-order valence-electron chi connectivity index (χ2n) is 7.28. The van der Waals surface area contributed by atoms with Crippen molar-refractivity contribution in [3.8, 4) is 0 Å². The largest absolute Gasteiger partial charge is 0.306 e. The van der Waals surface area contributed by atoms with Gasteiger partial charge in [0.15, 0.2) is 0 Å². The Labute approximate surface area is 145 Å². The number of likely N-dealkylation sites (tertiary alicyclic amines) is 1. The highest BCUT2D eigenvalue weighted by Gasteiger charge is 2.20. The van der Waals surface area contributed by atoms with Crippen LogP contribution < -0.4 is 0 Å². The third kappa shape index (κ3) is 5.18. The lowest BCUT2D eigenvalue weighted by molar-refractivity contribution is 0.147. The maximum Gasteiger partial charge on any atom is 0.0765 e. The van der Waals surface area contributed by atoms with Crippen LogP contribution >= 0.6 is 0 Å². The monoisotopic (exact) mass is 326 g/mol. The minimum atomic E-state index is 0.777. The molecule has 0 saturated carbocycles. The Balaban J connectivity index is 1.61. The standard InChI is InChI=1S/C20H30N4/c1-17-13-20(22-21-17)16-24(12-10-18-7-4-3-5-8-18)15-19-9-6-11-23(2)14-19/h3-5,7-8,13,19H,6,9-12,14-16H2,1-2H3,(H,21,22). The molecule has 1 aromatic carbocycles. The van der Waals surface area contributed by atoms with Crippen molar-refractivity contribution in [1.82, 2.24) is 20.0 Å². The van der Waals surface area contributed by atoms with Crippen molar-refractivity contribution < 1.29 is 0 Å². The Kier molecular flexibility index (Phi) is 6.05. The summed E-state index contributed by atoms with van der Waals surface area (Å²) in [6, 6.07) is 13.0. The Morgan fingerprint density at radius 2 is 2.12 bits per heavy atom. The summed E-state index contributed by atoms with van der Waals surface area (Å²) < 4.78 is 0. The SMILES string of the molecule is Cc1cc(CN(CCc2ccccc2)CC2CCCN(C)C2)n[nH]1. The molecule has 0 amide bonds. The van der Waals surface area contributed by atoms with Crippen LogP contribution in [0.3, 0.4) is 0 Å². The molecule has 0 spiro atoms. The van der Waals surface area contributed by atoms with Crippen LogP contribution in [0.2, 0.25) is 0 Å². The minimum Gasteiger partial charge on any atom is -0.306 e. The first-order valence-electron chi connectivity index (χ1n) is 9.15. The summed E-state index contributed by atoms with van der Waals surface area (Å²) in [4.78, 5) is 5.06. The van der Waals surface area contributed by atoms with Crippen molar-refractivity contribution in [1.29, 1.82) is 0 Å². The fourth-order valence-corrected chi connectivity index (χ4v) is 3.74. The van der Waals surface area contributed by atoms with Gasteiger partial charge in [-0.15, -0.1) is 0 Å². The molecule has 1 aromatic heterocycles. The van der Waals surface area contributed by atoms with E-state index < -0.39 is 0 Å². The highest BCUT2D eigenvalue weighted by atomic mass is 15.2. The summed E-state index contributed by atoms with van der Waals surface area (Å²) in [5.74, 6) is 0.777. The van der Waals surface area contributed by atoms with Gasteiger partial charge in [-0.3, -0.25) is 10.00 Å². The normalized spacial score (nSPS) is 19.0. The second-order valence-corrected chi connectivity index (χ2v) is 7.28. The van der Waals surface area contributed by atoms with E-state index in [4.69, 9.17) is 0 Å². The Morgan fingerprint density at radius 3 is 2.83 bits per heavy atom. The zero-order chi connectivity index (χ0) is 16.8. The number of nitrogens with one attached hydrogen (secondary N) is 1. The molecular formula is C20H30N4. The zero-order valence-corrected chi connectivity index (χ0v) is 15.0. The van der Waals surface area contributed by atoms with Gasteiger partial charge >= 0.3 is 0 Å². The number of aryl methyl sites for hydroxylation is 1. The summed E-state index contributed by atoms with van der Waals surface area (Å²) in [6.07, 6.45) is 3.79. The fraction of sp³-hybridized carbons (Fsp3) is 0.550. The molecule has 0 aliphatic carbocycles. The molecule has 2 aromatic rings. The Morgan fingerprint density at radius 1 is 1.29 bits per heavy atom. The van der Waals surface area contributed by atoms with E-state index in [1.807, 2.05) is 0 Å². The van der Waals surface area contributed by atoms with Crippen molar-refractivity contribution in [3.05, 3.63) is 53.3 Å². The molecule has 1 N–H and O–H groups in total. The van der Waals surface area contributed by atoms with Crippen molar-refractivity contribution in [2.45, 2.75) is 32.7 Å². The van der Waals surface area contributed by atoms with Crippen LogP contribution in [0.25, 0.3) is 0 Å². The molecule has 3 rings (SSSR count). The van der Waals surface area contributed by atoms with Crippen LogP contribution in [0.1, 0.15) is 29.8 Å². The number of hydrogen-bond acceptors (Lipinski definition) is 3. The third-order valence-corrected chi connectivity index (χ3v) is 4.94. The van der Waals surface area contributed by atoms with Crippen LogP contribution in [0.15, 0.2) is 36.4 Å². The van der Waals surface area contributed by atoms with Gasteiger partial charge in [-0.25, -0.2) is 0 Å². The van der Waals surface area contributed by atoms with Gasteiger partial charge in [0.2, 0.25) is 0 Å². The molecule has 2 heterocycles. The van der Waals surface area contributed by atoms with E-state index in [9.17, 15) is 0 Å². The number of aromatic nitrogens is 2. The lowest BCUT2D eigenvalue weighted by Gasteiger charge is -2.33. The van der Waals surface area contributed by atoms with E-state index in [1.54, 1.807) is 0 Å². The number of benzene rings is 1. The summed E-state index contributed by atoms with van der Waals surface area (Å²) in [7, 11) is 2.25. The Hall–Kier alpha value is -1.65. The van der Waals surface area contributed by atoms with E-state index >= 15 is 0 Å². The molecule has 1 fully saturated rings. The molecule has 0 radical (unpaired) electrons. The lowest BCUT2D eigenvalue weighted by atomic mass is 9.97. The van der Waals surface area contributed by atoms with E-state index in [0.29, 0.717) is 0 Å². The van der Waals surface area contributed by atoms with Gasteiger partial charge in [0, 0.05) is 31.9 Å². The van der Waals surface area contributed by atoms with Crippen LogP contribution in [0, 0.1) is 12.8 Å². The topological polar surface area (TPSA) is 35.2 Å². The maximum atomic E-state index is 4.44.